The smallest absolute Gasteiger partial charge is 0.240 e. The van der Waals surface area contributed by atoms with Crippen molar-refractivity contribution in [1.29, 1.82) is 0 Å². The van der Waals surface area contributed by atoms with Gasteiger partial charge < -0.3 is 5.73 Å². The molecule has 0 fully saturated rings. The minimum absolute atomic E-state index is 0. The molecule has 0 saturated heterocycles. The maximum absolute atomic E-state index is 11.5. The highest BCUT2D eigenvalue weighted by Crippen LogP contribution is 2.09. The average Bonchev–Trinajstić information content (AvgIpc) is 2.16. The predicted molar refractivity (Wildman–Crippen MR) is 62.7 cm³/mol. The fraction of sp³-hybridized carbons (Fsp3) is 0.333. The van der Waals surface area contributed by atoms with Gasteiger partial charge in [0.15, 0.2) is 0 Å². The van der Waals surface area contributed by atoms with Crippen molar-refractivity contribution >= 4 is 22.4 Å². The Morgan fingerprint density at radius 1 is 1.27 bits per heavy atom. The molecule has 0 atom stereocenters. The van der Waals surface area contributed by atoms with Crippen LogP contribution in [0.25, 0.3) is 0 Å². The molecule has 1 aromatic carbocycles. The van der Waals surface area contributed by atoms with Crippen molar-refractivity contribution in [3.8, 4) is 0 Å². The van der Waals surface area contributed by atoms with Gasteiger partial charge in [0, 0.05) is 13.1 Å². The van der Waals surface area contributed by atoms with Gasteiger partial charge >= 0.3 is 0 Å². The van der Waals surface area contributed by atoms with Crippen LogP contribution in [0, 0.1) is 6.92 Å². The van der Waals surface area contributed by atoms with Gasteiger partial charge in [0.05, 0.1) is 4.90 Å². The van der Waals surface area contributed by atoms with Gasteiger partial charge in [-0.3, -0.25) is 0 Å². The third kappa shape index (κ3) is 4.17. The van der Waals surface area contributed by atoms with E-state index in [0.29, 0.717) is 6.54 Å². The van der Waals surface area contributed by atoms with Crippen LogP contribution in [0.1, 0.15) is 5.56 Å². The third-order valence-electron chi connectivity index (χ3n) is 1.77. The molecule has 0 saturated carbocycles. The Hall–Kier alpha value is -0.620. The quantitative estimate of drug-likeness (QED) is 0.824. The second-order valence-electron chi connectivity index (χ2n) is 3.00. The van der Waals surface area contributed by atoms with Gasteiger partial charge in [0.2, 0.25) is 10.0 Å². The molecule has 0 aliphatic heterocycles. The Morgan fingerprint density at radius 2 is 1.80 bits per heavy atom. The van der Waals surface area contributed by atoms with Crippen molar-refractivity contribution < 1.29 is 8.42 Å². The zero-order valence-corrected chi connectivity index (χ0v) is 10.1. The number of rotatable bonds is 4. The van der Waals surface area contributed by atoms with E-state index in [1.165, 1.54) is 0 Å². The molecule has 0 bridgehead atoms. The number of benzene rings is 1. The van der Waals surface area contributed by atoms with Gasteiger partial charge in [-0.25, -0.2) is 13.1 Å². The van der Waals surface area contributed by atoms with Crippen molar-refractivity contribution in [1.82, 2.24) is 4.72 Å². The molecule has 0 amide bonds. The molecule has 4 nitrogen and oxygen atoms in total. The van der Waals surface area contributed by atoms with E-state index in [1.807, 2.05) is 6.92 Å². The van der Waals surface area contributed by atoms with Gasteiger partial charge in [0.25, 0.3) is 0 Å². The largest absolute Gasteiger partial charge is 0.329 e. The normalized spacial score (nSPS) is 10.8. The molecule has 0 aromatic heterocycles. The minimum Gasteiger partial charge on any atom is -0.329 e. The molecule has 0 aliphatic carbocycles. The highest BCUT2D eigenvalue weighted by atomic mass is 35.5. The highest BCUT2D eigenvalue weighted by molar-refractivity contribution is 7.89. The van der Waals surface area contributed by atoms with Gasteiger partial charge in [0.1, 0.15) is 0 Å². The summed E-state index contributed by atoms with van der Waals surface area (Å²) in [5, 5.41) is 0. The summed E-state index contributed by atoms with van der Waals surface area (Å²) in [5.74, 6) is 0. The first kappa shape index (κ1) is 14.4. The fourth-order valence-electron chi connectivity index (χ4n) is 0.994. The van der Waals surface area contributed by atoms with Crippen LogP contribution in [0.3, 0.4) is 0 Å². The van der Waals surface area contributed by atoms with E-state index in [4.69, 9.17) is 5.73 Å². The van der Waals surface area contributed by atoms with Crippen LogP contribution in [0.2, 0.25) is 0 Å². The molecule has 0 heterocycles. The van der Waals surface area contributed by atoms with Gasteiger partial charge in [-0.15, -0.1) is 12.4 Å². The summed E-state index contributed by atoms with van der Waals surface area (Å²) in [4.78, 5) is 0.275. The summed E-state index contributed by atoms with van der Waals surface area (Å²) < 4.78 is 25.5. The minimum atomic E-state index is -3.37. The van der Waals surface area contributed by atoms with Crippen LogP contribution < -0.4 is 10.5 Å². The number of hydrogen-bond acceptors (Lipinski definition) is 3. The lowest BCUT2D eigenvalue weighted by Gasteiger charge is -2.05. The van der Waals surface area contributed by atoms with Crippen molar-refractivity contribution in [3.63, 3.8) is 0 Å². The van der Waals surface area contributed by atoms with Crippen molar-refractivity contribution in [3.05, 3.63) is 29.8 Å². The molecule has 0 aliphatic rings. The maximum Gasteiger partial charge on any atom is 0.240 e. The second kappa shape index (κ2) is 6.07. The molecule has 1 aromatic rings. The Labute approximate surface area is 96.3 Å². The lowest BCUT2D eigenvalue weighted by atomic mass is 10.2. The molecular weight excluding hydrogens is 236 g/mol. The van der Waals surface area contributed by atoms with Crippen LogP contribution >= 0.6 is 12.4 Å². The number of aryl methyl sites for hydroxylation is 1. The number of nitrogens with one attached hydrogen (secondary N) is 1. The van der Waals surface area contributed by atoms with E-state index in [9.17, 15) is 8.42 Å². The summed E-state index contributed by atoms with van der Waals surface area (Å²) in [5.41, 5.74) is 6.24. The average molecular weight is 251 g/mol. The molecule has 6 heteroatoms. The highest BCUT2D eigenvalue weighted by Gasteiger charge is 2.11. The molecule has 0 unspecified atom stereocenters. The lowest BCUT2D eigenvalue weighted by Crippen LogP contribution is -2.29. The number of hydrogen-bond donors (Lipinski definition) is 2. The van der Waals surface area contributed by atoms with Gasteiger partial charge in [-0.2, -0.15) is 0 Å². The van der Waals surface area contributed by atoms with E-state index >= 15 is 0 Å². The summed E-state index contributed by atoms with van der Waals surface area (Å²) >= 11 is 0. The molecule has 3 N–H and O–H groups in total. The molecule has 0 radical (unpaired) electrons. The summed E-state index contributed by atoms with van der Waals surface area (Å²) in [7, 11) is -3.37. The van der Waals surface area contributed by atoms with Crippen molar-refractivity contribution in [2.24, 2.45) is 5.73 Å². The number of sulfonamides is 1. The Morgan fingerprint density at radius 3 is 2.27 bits per heavy atom. The van der Waals surface area contributed by atoms with E-state index in [-0.39, 0.29) is 23.8 Å². The first-order chi connectivity index (χ1) is 6.56. The molecule has 86 valence electrons. The summed E-state index contributed by atoms with van der Waals surface area (Å²) in [6.45, 7) is 2.46. The van der Waals surface area contributed by atoms with Crippen LogP contribution in [0.15, 0.2) is 29.2 Å². The second-order valence-corrected chi connectivity index (χ2v) is 4.77. The zero-order valence-electron chi connectivity index (χ0n) is 8.43. The summed E-state index contributed by atoms with van der Waals surface area (Å²) in [6.07, 6.45) is 0. The van der Waals surface area contributed by atoms with Crippen LogP contribution in [-0.2, 0) is 10.0 Å². The van der Waals surface area contributed by atoms with Crippen LogP contribution in [-0.4, -0.2) is 21.5 Å². The number of halogens is 1. The Kier molecular flexibility index (Phi) is 5.82. The van der Waals surface area contributed by atoms with Crippen molar-refractivity contribution in [2.75, 3.05) is 13.1 Å². The zero-order chi connectivity index (χ0) is 10.6. The van der Waals surface area contributed by atoms with Crippen LogP contribution in [0.5, 0.6) is 0 Å². The predicted octanol–water partition coefficient (Wildman–Crippen LogP) is 0.654. The van der Waals surface area contributed by atoms with E-state index in [2.05, 4.69) is 4.72 Å². The Bertz CT molecular complexity index is 389. The van der Waals surface area contributed by atoms with Crippen LogP contribution in [0.4, 0.5) is 0 Å². The number of nitrogens with two attached hydrogens (primary N) is 1. The van der Waals surface area contributed by atoms with E-state index < -0.39 is 10.0 Å². The molecule has 0 spiro atoms. The fourth-order valence-corrected chi connectivity index (χ4v) is 2.04. The topological polar surface area (TPSA) is 72.2 Å². The first-order valence-electron chi connectivity index (χ1n) is 4.32. The van der Waals surface area contributed by atoms with E-state index in [0.717, 1.165) is 5.56 Å². The third-order valence-corrected chi connectivity index (χ3v) is 3.24. The summed E-state index contributed by atoms with van der Waals surface area (Å²) in [6, 6.07) is 6.68. The van der Waals surface area contributed by atoms with Gasteiger partial charge in [-0.1, -0.05) is 17.7 Å². The standard InChI is InChI=1S/C9H14N2O2S.ClH/c1-8-2-4-9(5-3-8)14(12,13)11-7-6-10;/h2-5,11H,6-7,10H2,1H3;1H. The lowest BCUT2D eigenvalue weighted by molar-refractivity contribution is 0.582. The molecule has 1 rings (SSSR count). The first-order valence-corrected chi connectivity index (χ1v) is 5.81. The van der Waals surface area contributed by atoms with E-state index in [1.54, 1.807) is 24.3 Å². The Balaban J connectivity index is 0.00000196. The molecule has 15 heavy (non-hydrogen) atoms. The van der Waals surface area contributed by atoms with Crippen molar-refractivity contribution in [2.45, 2.75) is 11.8 Å². The van der Waals surface area contributed by atoms with Gasteiger partial charge in [-0.05, 0) is 19.1 Å². The monoisotopic (exact) mass is 250 g/mol. The maximum atomic E-state index is 11.5. The molecular formula is C9H15ClN2O2S. The SMILES string of the molecule is Cc1ccc(S(=O)(=O)NCCN)cc1.Cl.